The molecular formula is C16H13NO3S. The van der Waals surface area contributed by atoms with Crippen LogP contribution < -0.4 is 5.73 Å². The molecule has 106 valence electrons. The molecule has 0 bridgehead atoms. The monoisotopic (exact) mass is 299 g/mol. The minimum absolute atomic E-state index is 0.0247. The summed E-state index contributed by atoms with van der Waals surface area (Å²) in [7, 11) is 0. The highest BCUT2D eigenvalue weighted by atomic mass is 32.2. The van der Waals surface area contributed by atoms with Crippen LogP contribution in [0, 0.1) is 0 Å². The first-order chi connectivity index (χ1) is 10.1. The fourth-order valence-electron chi connectivity index (χ4n) is 2.47. The lowest BCUT2D eigenvalue weighted by Gasteiger charge is -2.20. The molecule has 0 unspecified atom stereocenters. The zero-order valence-corrected chi connectivity index (χ0v) is 11.9. The molecule has 2 aromatic carbocycles. The summed E-state index contributed by atoms with van der Waals surface area (Å²) in [6, 6.07) is 10.1. The Kier molecular flexibility index (Phi) is 3.53. The molecule has 1 aliphatic rings. The first-order valence-corrected chi connectivity index (χ1v) is 7.48. The maximum Gasteiger partial charge on any atom is 0.196 e. The minimum atomic E-state index is -0.218. The number of nitrogens with two attached hydrogens (primary N) is 1. The van der Waals surface area contributed by atoms with Gasteiger partial charge >= 0.3 is 0 Å². The zero-order chi connectivity index (χ0) is 15.0. The Morgan fingerprint density at radius 3 is 2.29 bits per heavy atom. The SMILES string of the molecule is Nc1c(SCCO)ccc2c1C(=O)c1ccccc1C2=O. The van der Waals surface area contributed by atoms with E-state index in [1.807, 2.05) is 0 Å². The Labute approximate surface area is 126 Å². The van der Waals surface area contributed by atoms with Crippen molar-refractivity contribution in [2.75, 3.05) is 18.1 Å². The van der Waals surface area contributed by atoms with Crippen molar-refractivity contribution in [3.8, 4) is 0 Å². The Morgan fingerprint density at radius 2 is 1.62 bits per heavy atom. The van der Waals surface area contributed by atoms with Gasteiger partial charge in [-0.15, -0.1) is 11.8 Å². The number of fused-ring (bicyclic) bond motifs is 2. The van der Waals surface area contributed by atoms with Gasteiger partial charge < -0.3 is 10.8 Å². The number of hydrogen-bond acceptors (Lipinski definition) is 5. The highest BCUT2D eigenvalue weighted by Gasteiger charge is 2.31. The second kappa shape index (κ2) is 5.35. The van der Waals surface area contributed by atoms with E-state index in [2.05, 4.69) is 0 Å². The molecule has 5 heteroatoms. The summed E-state index contributed by atoms with van der Waals surface area (Å²) in [5.41, 5.74) is 7.84. The third-order valence-electron chi connectivity index (χ3n) is 3.44. The highest BCUT2D eigenvalue weighted by Crippen LogP contribution is 2.36. The van der Waals surface area contributed by atoms with E-state index < -0.39 is 0 Å². The average Bonchev–Trinajstić information content (AvgIpc) is 2.51. The average molecular weight is 299 g/mol. The molecule has 0 saturated carbocycles. The molecule has 0 radical (unpaired) electrons. The fourth-order valence-corrected chi connectivity index (χ4v) is 3.21. The third kappa shape index (κ3) is 2.14. The normalized spacial score (nSPS) is 13.0. The van der Waals surface area contributed by atoms with Gasteiger partial charge in [-0.2, -0.15) is 0 Å². The molecule has 3 rings (SSSR count). The summed E-state index contributed by atoms with van der Waals surface area (Å²) in [4.78, 5) is 25.8. The van der Waals surface area contributed by atoms with Gasteiger partial charge in [0.1, 0.15) is 0 Å². The van der Waals surface area contributed by atoms with Crippen LogP contribution in [-0.4, -0.2) is 29.0 Å². The number of benzene rings is 2. The van der Waals surface area contributed by atoms with E-state index in [0.29, 0.717) is 33.0 Å². The molecular weight excluding hydrogens is 286 g/mol. The largest absolute Gasteiger partial charge is 0.397 e. The van der Waals surface area contributed by atoms with Crippen LogP contribution in [0.3, 0.4) is 0 Å². The van der Waals surface area contributed by atoms with Crippen molar-refractivity contribution >= 4 is 29.0 Å². The number of aliphatic hydroxyl groups is 1. The van der Waals surface area contributed by atoms with E-state index in [4.69, 9.17) is 10.8 Å². The lowest BCUT2D eigenvalue weighted by molar-refractivity contribution is 0.0979. The number of anilines is 1. The fraction of sp³-hybridized carbons (Fsp3) is 0.125. The van der Waals surface area contributed by atoms with Gasteiger partial charge in [-0.25, -0.2) is 0 Å². The van der Waals surface area contributed by atoms with Crippen molar-refractivity contribution in [1.82, 2.24) is 0 Å². The highest BCUT2D eigenvalue weighted by molar-refractivity contribution is 7.99. The maximum atomic E-state index is 12.6. The summed E-state index contributed by atoms with van der Waals surface area (Å²) in [6.07, 6.45) is 0. The lowest BCUT2D eigenvalue weighted by Crippen LogP contribution is -2.22. The van der Waals surface area contributed by atoms with Gasteiger partial charge in [0.15, 0.2) is 11.6 Å². The van der Waals surface area contributed by atoms with Gasteiger partial charge in [-0.1, -0.05) is 24.3 Å². The quantitative estimate of drug-likeness (QED) is 0.572. The smallest absolute Gasteiger partial charge is 0.196 e. The summed E-state index contributed by atoms with van der Waals surface area (Å²) in [5, 5.41) is 8.90. The first kappa shape index (κ1) is 13.9. The molecule has 1 aliphatic carbocycles. The molecule has 0 atom stereocenters. The van der Waals surface area contributed by atoms with Crippen molar-refractivity contribution in [2.24, 2.45) is 0 Å². The molecule has 21 heavy (non-hydrogen) atoms. The van der Waals surface area contributed by atoms with E-state index in [1.54, 1.807) is 36.4 Å². The Hall–Kier alpha value is -2.11. The number of nitrogen functional groups attached to an aromatic ring is 1. The van der Waals surface area contributed by atoms with E-state index >= 15 is 0 Å². The van der Waals surface area contributed by atoms with Gasteiger partial charge in [0, 0.05) is 27.3 Å². The van der Waals surface area contributed by atoms with Crippen LogP contribution in [-0.2, 0) is 0 Å². The number of ketones is 2. The van der Waals surface area contributed by atoms with Gasteiger partial charge in [0.05, 0.1) is 17.9 Å². The Balaban J connectivity index is 2.17. The van der Waals surface area contributed by atoms with Gasteiger partial charge in [-0.05, 0) is 12.1 Å². The molecule has 2 aromatic rings. The van der Waals surface area contributed by atoms with Crippen LogP contribution in [0.4, 0.5) is 5.69 Å². The predicted octanol–water partition coefficient (Wildman–Crippen LogP) is 2.13. The van der Waals surface area contributed by atoms with Crippen LogP contribution >= 0.6 is 11.8 Å². The number of aliphatic hydroxyl groups excluding tert-OH is 1. The number of carbonyl (C=O) groups excluding carboxylic acids is 2. The van der Waals surface area contributed by atoms with Crippen LogP contribution in [0.15, 0.2) is 41.3 Å². The number of rotatable bonds is 3. The molecule has 0 spiro atoms. The van der Waals surface area contributed by atoms with Crippen molar-refractivity contribution in [3.05, 3.63) is 58.7 Å². The molecule has 0 saturated heterocycles. The van der Waals surface area contributed by atoms with E-state index in [-0.39, 0.29) is 23.7 Å². The topological polar surface area (TPSA) is 80.4 Å². The molecule has 4 nitrogen and oxygen atoms in total. The summed E-state index contributed by atoms with van der Waals surface area (Å²) in [5.74, 6) is 0.0941. The number of carbonyl (C=O) groups is 2. The van der Waals surface area contributed by atoms with Crippen molar-refractivity contribution in [2.45, 2.75) is 4.90 Å². The Morgan fingerprint density at radius 1 is 0.952 bits per heavy atom. The van der Waals surface area contributed by atoms with Gasteiger partial charge in [-0.3, -0.25) is 9.59 Å². The van der Waals surface area contributed by atoms with Crippen molar-refractivity contribution < 1.29 is 14.7 Å². The van der Waals surface area contributed by atoms with Gasteiger partial charge in [0.2, 0.25) is 0 Å². The minimum Gasteiger partial charge on any atom is -0.397 e. The zero-order valence-electron chi connectivity index (χ0n) is 11.1. The van der Waals surface area contributed by atoms with E-state index in [0.717, 1.165) is 0 Å². The molecule has 0 amide bonds. The summed E-state index contributed by atoms with van der Waals surface area (Å²) >= 11 is 1.37. The first-order valence-electron chi connectivity index (χ1n) is 6.49. The molecule has 0 heterocycles. The van der Waals surface area contributed by atoms with Crippen LogP contribution in [0.1, 0.15) is 31.8 Å². The van der Waals surface area contributed by atoms with Crippen LogP contribution in [0.2, 0.25) is 0 Å². The van der Waals surface area contributed by atoms with Gasteiger partial charge in [0.25, 0.3) is 0 Å². The van der Waals surface area contributed by atoms with E-state index in [9.17, 15) is 9.59 Å². The van der Waals surface area contributed by atoms with Crippen molar-refractivity contribution in [1.29, 1.82) is 0 Å². The lowest BCUT2D eigenvalue weighted by atomic mass is 9.83. The number of hydrogen-bond donors (Lipinski definition) is 2. The second-order valence-corrected chi connectivity index (χ2v) is 5.81. The van der Waals surface area contributed by atoms with E-state index in [1.165, 1.54) is 11.8 Å². The van der Waals surface area contributed by atoms with Crippen LogP contribution in [0.25, 0.3) is 0 Å². The molecule has 0 fully saturated rings. The standard InChI is InChI=1S/C16H13NO3S/c17-14-12(21-8-7-18)6-5-11-13(14)16(20)10-4-2-1-3-9(10)15(11)19/h1-6,18H,7-8,17H2. The molecule has 0 aliphatic heterocycles. The maximum absolute atomic E-state index is 12.6. The molecule has 0 aromatic heterocycles. The summed E-state index contributed by atoms with van der Waals surface area (Å²) in [6.45, 7) is 0.0247. The summed E-state index contributed by atoms with van der Waals surface area (Å²) < 4.78 is 0. The predicted molar refractivity (Wildman–Crippen MR) is 82.0 cm³/mol. The number of thioether (sulfide) groups is 1. The van der Waals surface area contributed by atoms with Crippen LogP contribution in [0.5, 0.6) is 0 Å². The second-order valence-electron chi connectivity index (χ2n) is 4.68. The Bertz CT molecular complexity index is 755. The third-order valence-corrected chi connectivity index (χ3v) is 4.50. The van der Waals surface area contributed by atoms with Crippen molar-refractivity contribution in [3.63, 3.8) is 0 Å². The molecule has 3 N–H and O–H groups in total.